The zero-order valence-electron chi connectivity index (χ0n) is 16.6. The molecule has 4 heterocycles. The lowest BCUT2D eigenvalue weighted by atomic mass is 9.83. The third-order valence-corrected chi connectivity index (χ3v) is 6.03. The molecule has 2 aromatic heterocycles. The molecule has 0 bridgehead atoms. The number of aromatic nitrogens is 2. The van der Waals surface area contributed by atoms with E-state index < -0.39 is 5.92 Å². The highest BCUT2D eigenvalue weighted by Crippen LogP contribution is 2.47. The lowest BCUT2D eigenvalue weighted by Crippen LogP contribution is -2.21. The van der Waals surface area contributed by atoms with Gasteiger partial charge in [-0.25, -0.2) is 4.98 Å². The minimum atomic E-state index is -0.548. The molecule has 7 nitrogen and oxygen atoms in total. The predicted molar refractivity (Wildman–Crippen MR) is 119 cm³/mol. The molecule has 2 aromatic carbocycles. The topological polar surface area (TPSA) is 103 Å². The summed E-state index contributed by atoms with van der Waals surface area (Å²) in [6.45, 7) is 0.971. The molecule has 0 saturated heterocycles. The Balaban J connectivity index is 1.61. The van der Waals surface area contributed by atoms with Gasteiger partial charge in [0.25, 0.3) is 0 Å². The van der Waals surface area contributed by atoms with Crippen LogP contribution in [-0.2, 0) is 0 Å². The summed E-state index contributed by atoms with van der Waals surface area (Å²) < 4.78 is 17.2. The van der Waals surface area contributed by atoms with Crippen molar-refractivity contribution in [2.24, 2.45) is 5.73 Å². The van der Waals surface area contributed by atoms with Crippen LogP contribution in [0.25, 0.3) is 21.8 Å². The van der Waals surface area contributed by atoms with Gasteiger partial charge in [-0.2, -0.15) is 5.26 Å². The molecular formula is C24H15ClN4O3. The zero-order valence-corrected chi connectivity index (χ0v) is 17.4. The summed E-state index contributed by atoms with van der Waals surface area (Å²) >= 11 is 6.66. The first-order valence-electron chi connectivity index (χ1n) is 9.99. The Kier molecular flexibility index (Phi) is 4.10. The van der Waals surface area contributed by atoms with E-state index >= 15 is 0 Å². The molecule has 1 atom stereocenters. The summed E-state index contributed by atoms with van der Waals surface area (Å²) in [5.74, 6) is 1.28. The SMILES string of the molecule is N#CC1=C(N)Oc2c(ccc3cccnc23)C1c1cc2cc3c(cc2nc1Cl)OCCO3. The lowest BCUT2D eigenvalue weighted by Gasteiger charge is -2.27. The Bertz CT molecular complexity index is 1510. The molecule has 2 N–H and O–H groups in total. The number of nitrogens with two attached hydrogens (primary N) is 1. The van der Waals surface area contributed by atoms with Crippen LogP contribution < -0.4 is 19.9 Å². The molecule has 2 aliphatic rings. The van der Waals surface area contributed by atoms with E-state index in [1.807, 2.05) is 42.5 Å². The summed E-state index contributed by atoms with van der Waals surface area (Å²) in [6.07, 6.45) is 1.69. The fourth-order valence-corrected chi connectivity index (χ4v) is 4.53. The van der Waals surface area contributed by atoms with Gasteiger partial charge in [0.1, 0.15) is 35.5 Å². The third kappa shape index (κ3) is 2.74. The molecule has 32 heavy (non-hydrogen) atoms. The maximum atomic E-state index is 9.91. The van der Waals surface area contributed by atoms with E-state index in [0.717, 1.165) is 16.3 Å². The van der Waals surface area contributed by atoms with Crippen molar-refractivity contribution in [1.82, 2.24) is 9.97 Å². The van der Waals surface area contributed by atoms with E-state index in [0.29, 0.717) is 47.1 Å². The quantitative estimate of drug-likeness (QED) is 0.435. The molecule has 0 aliphatic carbocycles. The highest BCUT2D eigenvalue weighted by Gasteiger charge is 2.34. The maximum absolute atomic E-state index is 9.91. The first-order valence-corrected chi connectivity index (χ1v) is 10.4. The first kappa shape index (κ1) is 18.7. The molecule has 156 valence electrons. The van der Waals surface area contributed by atoms with E-state index in [2.05, 4.69) is 16.0 Å². The number of rotatable bonds is 1. The maximum Gasteiger partial charge on any atom is 0.205 e. The highest BCUT2D eigenvalue weighted by molar-refractivity contribution is 6.30. The first-order chi connectivity index (χ1) is 15.6. The van der Waals surface area contributed by atoms with Crippen molar-refractivity contribution in [3.8, 4) is 23.3 Å². The number of hydrogen-bond acceptors (Lipinski definition) is 7. The average molecular weight is 443 g/mol. The number of allylic oxidation sites excluding steroid dienone is 1. The molecule has 6 rings (SSSR count). The van der Waals surface area contributed by atoms with Gasteiger partial charge in [-0.05, 0) is 18.2 Å². The van der Waals surface area contributed by atoms with Crippen LogP contribution in [0.2, 0.25) is 5.15 Å². The van der Waals surface area contributed by atoms with Gasteiger partial charge in [0.15, 0.2) is 17.2 Å². The van der Waals surface area contributed by atoms with Gasteiger partial charge in [0.05, 0.1) is 11.4 Å². The van der Waals surface area contributed by atoms with E-state index in [-0.39, 0.29) is 16.6 Å². The third-order valence-electron chi connectivity index (χ3n) is 5.73. The number of nitrogens with zero attached hydrogens (tertiary/aromatic N) is 3. The Morgan fingerprint density at radius 3 is 2.66 bits per heavy atom. The molecule has 0 saturated carbocycles. The summed E-state index contributed by atoms with van der Waals surface area (Å²) in [4.78, 5) is 9.05. The summed E-state index contributed by atoms with van der Waals surface area (Å²) in [7, 11) is 0. The van der Waals surface area contributed by atoms with Crippen LogP contribution in [0, 0.1) is 11.3 Å². The summed E-state index contributed by atoms with van der Waals surface area (Å²) in [6, 6.07) is 15.4. The molecule has 1 unspecified atom stereocenters. The molecule has 0 fully saturated rings. The summed E-state index contributed by atoms with van der Waals surface area (Å²) in [5, 5.41) is 11.9. The second kappa shape index (κ2) is 7.01. The predicted octanol–water partition coefficient (Wildman–Crippen LogP) is 4.43. The van der Waals surface area contributed by atoms with Crippen LogP contribution in [0.3, 0.4) is 0 Å². The lowest BCUT2D eigenvalue weighted by molar-refractivity contribution is 0.172. The van der Waals surface area contributed by atoms with Crippen molar-refractivity contribution in [1.29, 1.82) is 5.26 Å². The Morgan fingerprint density at radius 1 is 1.03 bits per heavy atom. The zero-order chi connectivity index (χ0) is 21.8. The molecule has 0 radical (unpaired) electrons. The monoisotopic (exact) mass is 442 g/mol. The van der Waals surface area contributed by atoms with E-state index in [1.54, 1.807) is 6.20 Å². The van der Waals surface area contributed by atoms with Crippen LogP contribution in [0.4, 0.5) is 0 Å². The van der Waals surface area contributed by atoms with Gasteiger partial charge < -0.3 is 19.9 Å². The highest BCUT2D eigenvalue weighted by atomic mass is 35.5. The molecular weight excluding hydrogens is 428 g/mol. The fourth-order valence-electron chi connectivity index (χ4n) is 4.28. The fraction of sp³-hybridized carbons (Fsp3) is 0.125. The van der Waals surface area contributed by atoms with E-state index in [4.69, 9.17) is 31.5 Å². The minimum Gasteiger partial charge on any atom is -0.486 e. The van der Waals surface area contributed by atoms with Gasteiger partial charge in [-0.1, -0.05) is 29.8 Å². The van der Waals surface area contributed by atoms with Gasteiger partial charge in [0, 0.05) is 34.2 Å². The number of fused-ring (bicyclic) bond motifs is 5. The number of pyridine rings is 2. The Morgan fingerprint density at radius 2 is 1.84 bits per heavy atom. The van der Waals surface area contributed by atoms with Crippen LogP contribution in [0.15, 0.2) is 60.1 Å². The van der Waals surface area contributed by atoms with E-state index in [1.165, 1.54) is 0 Å². The van der Waals surface area contributed by atoms with Crippen molar-refractivity contribution in [2.75, 3.05) is 13.2 Å². The smallest absolute Gasteiger partial charge is 0.205 e. The molecule has 2 aliphatic heterocycles. The van der Waals surface area contributed by atoms with Crippen LogP contribution >= 0.6 is 11.6 Å². The van der Waals surface area contributed by atoms with Crippen molar-refractivity contribution >= 4 is 33.4 Å². The van der Waals surface area contributed by atoms with Gasteiger partial charge in [-0.15, -0.1) is 0 Å². The number of nitriles is 1. The average Bonchev–Trinajstić information content (AvgIpc) is 2.81. The second-order valence-corrected chi connectivity index (χ2v) is 7.90. The molecule has 4 aromatic rings. The molecule has 8 heteroatoms. The number of ether oxygens (including phenoxy) is 3. The van der Waals surface area contributed by atoms with Crippen molar-refractivity contribution in [3.63, 3.8) is 0 Å². The molecule has 0 spiro atoms. The molecule has 0 amide bonds. The summed E-state index contributed by atoms with van der Waals surface area (Å²) in [5.41, 5.74) is 9.19. The number of hydrogen-bond donors (Lipinski definition) is 1. The normalized spacial score (nSPS) is 17.1. The van der Waals surface area contributed by atoms with Crippen LogP contribution in [0.1, 0.15) is 17.0 Å². The van der Waals surface area contributed by atoms with Crippen molar-refractivity contribution in [3.05, 3.63) is 76.4 Å². The second-order valence-electron chi connectivity index (χ2n) is 7.54. The number of benzene rings is 2. The standard InChI is InChI=1S/C24H15ClN4O3/c25-23-15(8-13-9-18-19(10-17(13)29-23)31-7-6-30-18)20-14-4-3-12-2-1-5-28-21(12)22(14)32-24(27)16(20)11-26/h1-5,8-10,20H,6-7,27H2. The van der Waals surface area contributed by atoms with Crippen molar-refractivity contribution < 1.29 is 14.2 Å². The van der Waals surface area contributed by atoms with Crippen LogP contribution in [-0.4, -0.2) is 23.2 Å². The number of halogens is 1. The van der Waals surface area contributed by atoms with Gasteiger partial charge in [-0.3, -0.25) is 4.98 Å². The van der Waals surface area contributed by atoms with Gasteiger partial charge >= 0.3 is 0 Å². The largest absolute Gasteiger partial charge is 0.486 e. The van der Waals surface area contributed by atoms with Crippen molar-refractivity contribution in [2.45, 2.75) is 5.92 Å². The van der Waals surface area contributed by atoms with Gasteiger partial charge in [0.2, 0.25) is 5.88 Å². The van der Waals surface area contributed by atoms with Crippen LogP contribution in [0.5, 0.6) is 17.2 Å². The minimum absolute atomic E-state index is 0.0292. The Hall–Kier alpha value is -4.02. The Labute approximate surface area is 187 Å². The van der Waals surface area contributed by atoms with E-state index in [9.17, 15) is 5.26 Å².